The summed E-state index contributed by atoms with van der Waals surface area (Å²) in [5.74, 6) is -7.50. The number of hydrogen-bond acceptors (Lipinski definition) is 5. The molecule has 3 aliphatic rings. The molecule has 0 aromatic carbocycles. The topological polar surface area (TPSA) is 128 Å². The molecule has 3 fully saturated rings. The van der Waals surface area contributed by atoms with Gasteiger partial charge in [0.2, 0.25) is 11.8 Å². The number of hydrogen-bond donors (Lipinski definition) is 3. The van der Waals surface area contributed by atoms with Crippen molar-refractivity contribution in [1.29, 1.82) is 0 Å². The molecular weight excluding hydrogens is 538 g/mol. The van der Waals surface area contributed by atoms with Gasteiger partial charge in [0.1, 0.15) is 12.1 Å². The van der Waals surface area contributed by atoms with Gasteiger partial charge in [0, 0.05) is 13.1 Å². The highest BCUT2D eigenvalue weighted by Gasteiger charge is 2.52. The number of halogens is 5. The molecule has 2 saturated heterocycles. The molecule has 1 aliphatic carbocycles. The fraction of sp³-hybridized carbons (Fsp3) is 0.783. The van der Waals surface area contributed by atoms with Crippen molar-refractivity contribution >= 4 is 41.1 Å². The lowest BCUT2D eigenvalue weighted by atomic mass is 9.93. The molecular formula is C23H32ClF4N5O5. The molecule has 0 radical (unpaired) electrons. The van der Waals surface area contributed by atoms with Crippen LogP contribution in [0.25, 0.3) is 0 Å². The zero-order valence-corrected chi connectivity index (χ0v) is 21.8. The molecule has 3 rings (SSSR count). The summed E-state index contributed by atoms with van der Waals surface area (Å²) in [4.78, 5) is 64.3. The quantitative estimate of drug-likeness (QED) is 0.230. The standard InChI is InChI=1S/C23H32ClF4N5O5/c1-3-11(2)15(30-22(38)23(26,27)28)20(36)32-9-12-5-4-6-14(12)16(32)19(35)31-33(21(37)17(24)25)10-13-7-8-29-18(13)34/h11-17H,3-10H2,1-2H3,(H,29,34)(H,30,38)(H,31,35)/t11-,12-,13-,14-,15-,16-,17-/m0/s1. The molecule has 0 spiro atoms. The van der Waals surface area contributed by atoms with Gasteiger partial charge >= 0.3 is 12.1 Å². The van der Waals surface area contributed by atoms with Gasteiger partial charge in [-0.05, 0) is 37.0 Å². The van der Waals surface area contributed by atoms with Crippen LogP contribution in [0.3, 0.4) is 0 Å². The number of nitrogens with one attached hydrogen (secondary N) is 3. The molecule has 0 bridgehead atoms. The second-order valence-corrected chi connectivity index (χ2v) is 10.5. The molecule has 15 heteroatoms. The van der Waals surface area contributed by atoms with Crippen LogP contribution in [0.1, 0.15) is 46.0 Å². The van der Waals surface area contributed by atoms with Crippen molar-refractivity contribution in [1.82, 2.24) is 26.0 Å². The monoisotopic (exact) mass is 569 g/mol. The van der Waals surface area contributed by atoms with Gasteiger partial charge in [-0.3, -0.25) is 29.4 Å². The average molecular weight is 570 g/mol. The summed E-state index contributed by atoms with van der Waals surface area (Å²) >= 11 is 5.33. The van der Waals surface area contributed by atoms with Crippen molar-refractivity contribution in [2.45, 2.75) is 69.8 Å². The number of nitrogens with zero attached hydrogens (tertiary/aromatic N) is 2. The molecule has 214 valence electrons. The maximum absolute atomic E-state index is 13.7. The van der Waals surface area contributed by atoms with Crippen molar-refractivity contribution in [3.05, 3.63) is 0 Å². The van der Waals surface area contributed by atoms with E-state index in [-0.39, 0.29) is 37.3 Å². The maximum atomic E-state index is 13.7. The lowest BCUT2D eigenvalue weighted by Crippen LogP contribution is -2.60. The first-order valence-electron chi connectivity index (χ1n) is 12.6. The highest BCUT2D eigenvalue weighted by Crippen LogP contribution is 2.43. The number of hydrazine groups is 1. The van der Waals surface area contributed by atoms with E-state index >= 15 is 0 Å². The van der Waals surface area contributed by atoms with E-state index in [1.165, 1.54) is 6.92 Å². The Bertz CT molecular complexity index is 952. The minimum Gasteiger partial charge on any atom is -0.356 e. The lowest BCUT2D eigenvalue weighted by Gasteiger charge is -2.34. The van der Waals surface area contributed by atoms with Crippen LogP contribution in [0.5, 0.6) is 0 Å². The van der Waals surface area contributed by atoms with Gasteiger partial charge in [0.05, 0.1) is 12.5 Å². The number of carbonyl (C=O) groups excluding carboxylic acids is 5. The molecule has 7 atom stereocenters. The zero-order chi connectivity index (χ0) is 28.4. The average Bonchev–Trinajstić information content (AvgIpc) is 3.56. The molecule has 2 heterocycles. The van der Waals surface area contributed by atoms with Crippen LogP contribution >= 0.6 is 11.6 Å². The largest absolute Gasteiger partial charge is 0.471 e. The van der Waals surface area contributed by atoms with Crippen molar-refractivity contribution in [2.24, 2.45) is 23.7 Å². The molecule has 0 unspecified atom stereocenters. The molecule has 3 N–H and O–H groups in total. The Kier molecular flexibility index (Phi) is 9.48. The summed E-state index contributed by atoms with van der Waals surface area (Å²) in [5.41, 5.74) is -0.195. The zero-order valence-electron chi connectivity index (χ0n) is 21.0. The van der Waals surface area contributed by atoms with E-state index in [1.54, 1.807) is 12.2 Å². The van der Waals surface area contributed by atoms with E-state index in [9.17, 15) is 41.5 Å². The van der Waals surface area contributed by atoms with E-state index in [0.717, 1.165) is 11.3 Å². The Labute approximate surface area is 222 Å². The SMILES string of the molecule is CC[C@H](C)[C@H](NC(=O)C(F)(F)F)C(=O)N1C[C@@H]2CCC[C@@H]2[C@H]1C(=O)NN(C[C@@H]1CCNC1=O)C(=O)[C@H](F)Cl. The van der Waals surface area contributed by atoms with Crippen LogP contribution in [0.2, 0.25) is 0 Å². The predicted octanol–water partition coefficient (Wildman–Crippen LogP) is 1.24. The number of alkyl halides is 5. The van der Waals surface area contributed by atoms with E-state index < -0.39 is 59.4 Å². The molecule has 2 aliphatic heterocycles. The second-order valence-electron chi connectivity index (χ2n) is 10.1. The number of fused-ring (bicyclic) bond motifs is 1. The Balaban J connectivity index is 1.86. The van der Waals surface area contributed by atoms with Crippen molar-refractivity contribution in [2.75, 3.05) is 19.6 Å². The first-order valence-corrected chi connectivity index (χ1v) is 13.1. The van der Waals surface area contributed by atoms with Crippen LogP contribution in [0.15, 0.2) is 0 Å². The van der Waals surface area contributed by atoms with Crippen molar-refractivity contribution < 1.29 is 41.5 Å². The third-order valence-electron chi connectivity index (χ3n) is 7.73. The molecule has 0 aromatic heterocycles. The van der Waals surface area contributed by atoms with Crippen LogP contribution in [0.4, 0.5) is 17.6 Å². The van der Waals surface area contributed by atoms with Crippen LogP contribution in [-0.2, 0) is 24.0 Å². The summed E-state index contributed by atoms with van der Waals surface area (Å²) < 4.78 is 52.7. The van der Waals surface area contributed by atoms with Crippen molar-refractivity contribution in [3.8, 4) is 0 Å². The molecule has 10 nitrogen and oxygen atoms in total. The van der Waals surface area contributed by atoms with E-state index in [0.29, 0.717) is 30.8 Å². The fourth-order valence-electron chi connectivity index (χ4n) is 5.50. The van der Waals surface area contributed by atoms with Gasteiger partial charge < -0.3 is 15.5 Å². The predicted molar refractivity (Wildman–Crippen MR) is 125 cm³/mol. The highest BCUT2D eigenvalue weighted by molar-refractivity contribution is 6.29. The summed E-state index contributed by atoms with van der Waals surface area (Å²) in [6.45, 7) is 3.23. The van der Waals surface area contributed by atoms with E-state index in [1.807, 2.05) is 0 Å². The minimum absolute atomic E-state index is 0.0800. The van der Waals surface area contributed by atoms with E-state index in [2.05, 4.69) is 10.7 Å². The first kappa shape index (κ1) is 29.9. The molecule has 1 saturated carbocycles. The third-order valence-corrected chi connectivity index (χ3v) is 7.92. The molecule has 5 amide bonds. The Morgan fingerprint density at radius 3 is 2.45 bits per heavy atom. The minimum atomic E-state index is -5.21. The van der Waals surface area contributed by atoms with Gasteiger partial charge in [-0.1, -0.05) is 38.3 Å². The summed E-state index contributed by atoms with van der Waals surface area (Å²) in [6.07, 6.45) is -2.60. The summed E-state index contributed by atoms with van der Waals surface area (Å²) in [7, 11) is 0. The van der Waals surface area contributed by atoms with Gasteiger partial charge in [0.15, 0.2) is 0 Å². The first-order chi connectivity index (χ1) is 17.8. The van der Waals surface area contributed by atoms with E-state index in [4.69, 9.17) is 11.6 Å². The van der Waals surface area contributed by atoms with Crippen LogP contribution < -0.4 is 16.1 Å². The third kappa shape index (κ3) is 6.49. The normalized spacial score (nSPS) is 27.2. The fourth-order valence-corrected chi connectivity index (χ4v) is 5.62. The number of rotatable bonds is 8. The van der Waals surface area contributed by atoms with Gasteiger partial charge in [-0.15, -0.1) is 0 Å². The van der Waals surface area contributed by atoms with Gasteiger partial charge in [0.25, 0.3) is 17.4 Å². The van der Waals surface area contributed by atoms with Gasteiger partial charge in [-0.2, -0.15) is 13.2 Å². The van der Waals surface area contributed by atoms with Crippen molar-refractivity contribution in [3.63, 3.8) is 0 Å². The second kappa shape index (κ2) is 12.0. The Morgan fingerprint density at radius 1 is 1.21 bits per heavy atom. The maximum Gasteiger partial charge on any atom is 0.471 e. The van der Waals surface area contributed by atoms with Crippen LogP contribution in [0, 0.1) is 23.7 Å². The summed E-state index contributed by atoms with van der Waals surface area (Å²) in [5, 5.41) is 4.97. The van der Waals surface area contributed by atoms with Crippen LogP contribution in [-0.4, -0.2) is 83.0 Å². The highest BCUT2D eigenvalue weighted by atomic mass is 35.5. The Morgan fingerprint density at radius 2 is 1.89 bits per heavy atom. The summed E-state index contributed by atoms with van der Waals surface area (Å²) in [6, 6.07) is -2.72. The number of amides is 5. The molecule has 0 aromatic rings. The molecule has 38 heavy (non-hydrogen) atoms. The lowest BCUT2D eigenvalue weighted by molar-refractivity contribution is -0.175. The number of carbonyl (C=O) groups is 5. The van der Waals surface area contributed by atoms with Gasteiger partial charge in [-0.25, -0.2) is 9.40 Å². The number of likely N-dealkylation sites (tertiary alicyclic amines) is 1. The Hall–Kier alpha value is -2.64. The smallest absolute Gasteiger partial charge is 0.356 e.